The third-order valence-corrected chi connectivity index (χ3v) is 3.17. The van der Waals surface area contributed by atoms with Gasteiger partial charge in [-0.1, -0.05) is 13.3 Å². The summed E-state index contributed by atoms with van der Waals surface area (Å²) in [4.78, 5) is 25.3. The van der Waals surface area contributed by atoms with Crippen LogP contribution < -0.4 is 15.0 Å². The second-order valence-electron chi connectivity index (χ2n) is 4.57. The molecule has 19 heavy (non-hydrogen) atoms. The number of urea groups is 1. The van der Waals surface area contributed by atoms with E-state index in [0.29, 0.717) is 17.9 Å². The van der Waals surface area contributed by atoms with Gasteiger partial charge in [0.25, 0.3) is 0 Å². The summed E-state index contributed by atoms with van der Waals surface area (Å²) in [7, 11) is 1.57. The molecular weight excluding hydrogens is 244 g/mol. The molecule has 1 aromatic rings. The number of methoxy groups -OCH3 is 1. The molecule has 1 heterocycles. The molecule has 1 fully saturated rings. The molecule has 1 aliphatic heterocycles. The van der Waals surface area contributed by atoms with Crippen LogP contribution in [0.2, 0.25) is 0 Å². The Balaban J connectivity index is 2.15. The van der Waals surface area contributed by atoms with Gasteiger partial charge in [-0.2, -0.15) is 0 Å². The summed E-state index contributed by atoms with van der Waals surface area (Å²) in [6.07, 6.45) is 2.13. The summed E-state index contributed by atoms with van der Waals surface area (Å²) in [6.45, 7) is 2.03. The van der Waals surface area contributed by atoms with Gasteiger partial charge in [0.05, 0.1) is 12.8 Å². The quantitative estimate of drug-likeness (QED) is 0.905. The fourth-order valence-electron chi connectivity index (χ4n) is 2.22. The Morgan fingerprint density at radius 2 is 2.00 bits per heavy atom. The number of amides is 3. The molecule has 1 atom stereocenters. The minimum absolute atomic E-state index is 0.0421. The number of anilines is 1. The number of imide groups is 1. The molecule has 1 N–H and O–H groups in total. The SMILES string of the molecule is CCCC1CC(=O)N(c2ccc(OC)cc2)C(=O)N1. The first-order valence-corrected chi connectivity index (χ1v) is 6.43. The van der Waals surface area contributed by atoms with Gasteiger partial charge in [0.2, 0.25) is 5.91 Å². The molecule has 0 aromatic heterocycles. The molecule has 1 unspecified atom stereocenters. The van der Waals surface area contributed by atoms with E-state index in [4.69, 9.17) is 4.74 Å². The molecule has 5 nitrogen and oxygen atoms in total. The molecule has 1 aromatic carbocycles. The van der Waals surface area contributed by atoms with Gasteiger partial charge < -0.3 is 10.1 Å². The first-order valence-electron chi connectivity index (χ1n) is 6.43. The molecule has 5 heteroatoms. The van der Waals surface area contributed by atoms with Gasteiger partial charge in [-0.3, -0.25) is 4.79 Å². The van der Waals surface area contributed by atoms with E-state index in [9.17, 15) is 9.59 Å². The van der Waals surface area contributed by atoms with Crippen molar-refractivity contribution in [2.45, 2.75) is 32.2 Å². The molecule has 0 radical (unpaired) electrons. The first kappa shape index (κ1) is 13.4. The Labute approximate surface area is 112 Å². The molecule has 0 bridgehead atoms. The van der Waals surface area contributed by atoms with Crippen LogP contribution >= 0.6 is 0 Å². The van der Waals surface area contributed by atoms with Crippen LogP contribution in [-0.2, 0) is 4.79 Å². The van der Waals surface area contributed by atoms with Gasteiger partial charge in [-0.25, -0.2) is 9.69 Å². The Bertz CT molecular complexity index is 452. The maximum absolute atomic E-state index is 12.1. The summed E-state index contributed by atoms with van der Waals surface area (Å²) >= 11 is 0. The number of hydrogen-bond donors (Lipinski definition) is 1. The average molecular weight is 262 g/mol. The number of ether oxygens (including phenoxy) is 1. The van der Waals surface area contributed by atoms with Crippen LogP contribution in [-0.4, -0.2) is 25.1 Å². The number of carbonyl (C=O) groups is 2. The van der Waals surface area contributed by atoms with E-state index in [2.05, 4.69) is 5.32 Å². The number of nitrogens with one attached hydrogen (secondary N) is 1. The fourth-order valence-corrected chi connectivity index (χ4v) is 2.22. The monoisotopic (exact) mass is 262 g/mol. The Kier molecular flexibility index (Phi) is 4.04. The van der Waals surface area contributed by atoms with E-state index < -0.39 is 0 Å². The highest BCUT2D eigenvalue weighted by Gasteiger charge is 2.32. The lowest BCUT2D eigenvalue weighted by atomic mass is 10.1. The second-order valence-corrected chi connectivity index (χ2v) is 4.57. The van der Waals surface area contributed by atoms with Gasteiger partial charge >= 0.3 is 6.03 Å². The lowest BCUT2D eigenvalue weighted by Gasteiger charge is -2.31. The van der Waals surface area contributed by atoms with Gasteiger partial charge in [0.1, 0.15) is 5.75 Å². The van der Waals surface area contributed by atoms with Crippen LogP contribution in [0.5, 0.6) is 5.75 Å². The van der Waals surface area contributed by atoms with E-state index in [0.717, 1.165) is 12.8 Å². The molecule has 0 saturated carbocycles. The minimum atomic E-state index is -0.347. The van der Waals surface area contributed by atoms with Crippen molar-refractivity contribution in [3.63, 3.8) is 0 Å². The normalized spacial score (nSPS) is 19.3. The standard InChI is InChI=1S/C14H18N2O3/c1-3-4-10-9-13(17)16(14(18)15-10)11-5-7-12(19-2)8-6-11/h5-8,10H,3-4,9H2,1-2H3,(H,15,18). The number of hydrogen-bond acceptors (Lipinski definition) is 3. The second kappa shape index (κ2) is 5.73. The van der Waals surface area contributed by atoms with Crippen LogP contribution in [0.1, 0.15) is 26.2 Å². The minimum Gasteiger partial charge on any atom is -0.497 e. The van der Waals surface area contributed by atoms with E-state index in [1.807, 2.05) is 6.92 Å². The Morgan fingerprint density at radius 3 is 2.53 bits per heavy atom. The Morgan fingerprint density at radius 1 is 1.32 bits per heavy atom. The molecule has 1 aliphatic rings. The van der Waals surface area contributed by atoms with Crippen molar-refractivity contribution < 1.29 is 14.3 Å². The zero-order valence-corrected chi connectivity index (χ0v) is 11.2. The van der Waals surface area contributed by atoms with Crippen molar-refractivity contribution in [2.24, 2.45) is 0 Å². The molecule has 1 saturated heterocycles. The molecule has 0 spiro atoms. The fraction of sp³-hybridized carbons (Fsp3) is 0.429. The lowest BCUT2D eigenvalue weighted by molar-refractivity contribution is -0.119. The maximum atomic E-state index is 12.1. The van der Waals surface area contributed by atoms with E-state index in [1.165, 1.54) is 4.90 Å². The highest BCUT2D eigenvalue weighted by atomic mass is 16.5. The van der Waals surface area contributed by atoms with Crippen LogP contribution in [0.15, 0.2) is 24.3 Å². The average Bonchev–Trinajstić information content (AvgIpc) is 2.39. The predicted molar refractivity (Wildman–Crippen MR) is 72.3 cm³/mol. The maximum Gasteiger partial charge on any atom is 0.328 e. The van der Waals surface area contributed by atoms with Gasteiger partial charge in [0, 0.05) is 12.5 Å². The zero-order valence-electron chi connectivity index (χ0n) is 11.2. The van der Waals surface area contributed by atoms with Crippen molar-refractivity contribution >= 4 is 17.6 Å². The van der Waals surface area contributed by atoms with E-state index in [1.54, 1.807) is 31.4 Å². The van der Waals surface area contributed by atoms with Crippen molar-refractivity contribution in [2.75, 3.05) is 12.0 Å². The first-order chi connectivity index (χ1) is 9.15. The third-order valence-electron chi connectivity index (χ3n) is 3.17. The van der Waals surface area contributed by atoms with Crippen LogP contribution in [0.3, 0.4) is 0 Å². The summed E-state index contributed by atoms with van der Waals surface area (Å²) in [5.74, 6) is 0.532. The zero-order chi connectivity index (χ0) is 13.8. The largest absolute Gasteiger partial charge is 0.497 e. The number of rotatable bonds is 4. The van der Waals surface area contributed by atoms with Crippen LogP contribution in [0.25, 0.3) is 0 Å². The van der Waals surface area contributed by atoms with Crippen LogP contribution in [0.4, 0.5) is 10.5 Å². The van der Waals surface area contributed by atoms with Crippen molar-refractivity contribution in [1.82, 2.24) is 5.32 Å². The highest BCUT2D eigenvalue weighted by Crippen LogP contribution is 2.23. The predicted octanol–water partition coefficient (Wildman–Crippen LogP) is 2.31. The summed E-state index contributed by atoms with van der Waals surface area (Å²) in [5, 5.41) is 2.86. The molecule has 0 aliphatic carbocycles. The van der Waals surface area contributed by atoms with Gasteiger partial charge in [-0.05, 0) is 30.7 Å². The van der Waals surface area contributed by atoms with Crippen molar-refractivity contribution in [1.29, 1.82) is 0 Å². The topological polar surface area (TPSA) is 58.6 Å². The lowest BCUT2D eigenvalue weighted by Crippen LogP contribution is -2.54. The van der Waals surface area contributed by atoms with E-state index in [-0.39, 0.29) is 18.0 Å². The molecule has 3 amide bonds. The number of carbonyl (C=O) groups excluding carboxylic acids is 2. The smallest absolute Gasteiger partial charge is 0.328 e. The molecule has 2 rings (SSSR count). The highest BCUT2D eigenvalue weighted by molar-refractivity contribution is 6.16. The van der Waals surface area contributed by atoms with Gasteiger partial charge in [0.15, 0.2) is 0 Å². The van der Waals surface area contributed by atoms with Gasteiger partial charge in [-0.15, -0.1) is 0 Å². The van der Waals surface area contributed by atoms with E-state index >= 15 is 0 Å². The Hall–Kier alpha value is -2.04. The summed E-state index contributed by atoms with van der Waals surface area (Å²) in [5.41, 5.74) is 0.568. The molecular formula is C14H18N2O3. The van der Waals surface area contributed by atoms with Crippen molar-refractivity contribution in [3.05, 3.63) is 24.3 Å². The van der Waals surface area contributed by atoms with Crippen molar-refractivity contribution in [3.8, 4) is 5.75 Å². The number of nitrogens with zero attached hydrogens (tertiary/aromatic N) is 1. The van der Waals surface area contributed by atoms with Crippen LogP contribution in [0, 0.1) is 0 Å². The third kappa shape index (κ3) is 2.86. The summed E-state index contributed by atoms with van der Waals surface area (Å²) in [6, 6.07) is 6.48. The molecule has 102 valence electrons. The summed E-state index contributed by atoms with van der Waals surface area (Å²) < 4.78 is 5.06. The number of benzene rings is 1.